The van der Waals surface area contributed by atoms with Gasteiger partial charge in [-0.2, -0.15) is 5.26 Å². The number of ether oxygens (including phenoxy) is 1. The molecule has 0 aliphatic carbocycles. The summed E-state index contributed by atoms with van der Waals surface area (Å²) in [5, 5.41) is 21.6. The van der Waals surface area contributed by atoms with Crippen molar-refractivity contribution in [2.75, 3.05) is 13.2 Å². The third-order valence-electron chi connectivity index (χ3n) is 2.23. The van der Waals surface area contributed by atoms with Crippen LogP contribution in [0.1, 0.15) is 12.0 Å². The van der Waals surface area contributed by atoms with Crippen molar-refractivity contribution in [2.24, 2.45) is 0 Å². The van der Waals surface area contributed by atoms with Crippen LogP contribution in [0, 0.1) is 28.4 Å². The van der Waals surface area contributed by atoms with Crippen LogP contribution in [0.25, 0.3) is 0 Å². The number of rotatable bonds is 6. The number of hydrogen-bond donors (Lipinski definition) is 1. The number of benzene rings is 1. The molecule has 0 saturated carbocycles. The number of nitro groups is 1. The van der Waals surface area contributed by atoms with Crippen LogP contribution in [0.15, 0.2) is 18.2 Å². The van der Waals surface area contributed by atoms with E-state index in [0.29, 0.717) is 0 Å². The summed E-state index contributed by atoms with van der Waals surface area (Å²) in [7, 11) is 0. The van der Waals surface area contributed by atoms with Crippen molar-refractivity contribution in [1.29, 1.82) is 5.26 Å². The van der Waals surface area contributed by atoms with Gasteiger partial charge in [-0.3, -0.25) is 14.9 Å². The van der Waals surface area contributed by atoms with Gasteiger partial charge in [0.05, 0.1) is 17.4 Å². The molecule has 0 fully saturated rings. The number of nitro benzene ring substituents is 1. The highest BCUT2D eigenvalue weighted by atomic mass is 16.6. The first-order valence-electron chi connectivity index (χ1n) is 5.56. The molecule has 1 rings (SSSR count). The first-order valence-corrected chi connectivity index (χ1v) is 5.56. The van der Waals surface area contributed by atoms with Crippen LogP contribution in [0.3, 0.4) is 0 Å². The monoisotopic (exact) mass is 263 g/mol. The van der Waals surface area contributed by atoms with Crippen molar-refractivity contribution < 1.29 is 14.5 Å². The quantitative estimate of drug-likeness (QED) is 0.473. The predicted molar refractivity (Wildman–Crippen MR) is 66.6 cm³/mol. The molecule has 1 aromatic carbocycles. The molecule has 7 nitrogen and oxygen atoms in total. The fourth-order valence-corrected chi connectivity index (χ4v) is 1.34. The summed E-state index contributed by atoms with van der Waals surface area (Å²) in [5.41, 5.74) is 0.558. The second-order valence-corrected chi connectivity index (χ2v) is 3.78. The summed E-state index contributed by atoms with van der Waals surface area (Å²) in [4.78, 5) is 21.6. The first kappa shape index (κ1) is 14.4. The third kappa shape index (κ3) is 4.63. The zero-order valence-corrected chi connectivity index (χ0v) is 10.4. The van der Waals surface area contributed by atoms with E-state index >= 15 is 0 Å². The summed E-state index contributed by atoms with van der Waals surface area (Å²) >= 11 is 0. The lowest BCUT2D eigenvalue weighted by Gasteiger charge is -2.07. The molecule has 1 amide bonds. The van der Waals surface area contributed by atoms with E-state index in [1.807, 2.05) is 6.07 Å². The van der Waals surface area contributed by atoms with E-state index in [9.17, 15) is 14.9 Å². The van der Waals surface area contributed by atoms with Gasteiger partial charge in [-0.15, -0.1) is 0 Å². The Bertz CT molecular complexity index is 522. The van der Waals surface area contributed by atoms with Crippen LogP contribution < -0.4 is 10.1 Å². The zero-order valence-electron chi connectivity index (χ0n) is 10.4. The molecule has 7 heteroatoms. The Morgan fingerprint density at radius 1 is 1.58 bits per heavy atom. The maximum Gasteiger partial charge on any atom is 0.311 e. The predicted octanol–water partition coefficient (Wildman–Crippen LogP) is 1.31. The Balaban J connectivity index is 2.60. The second-order valence-electron chi connectivity index (χ2n) is 3.78. The van der Waals surface area contributed by atoms with Crippen LogP contribution in [0.4, 0.5) is 5.69 Å². The van der Waals surface area contributed by atoms with Crippen molar-refractivity contribution >= 4 is 11.6 Å². The minimum atomic E-state index is -0.560. The van der Waals surface area contributed by atoms with Gasteiger partial charge in [-0.05, 0) is 18.6 Å². The third-order valence-corrected chi connectivity index (χ3v) is 2.23. The Labute approximate surface area is 109 Å². The standard InChI is InChI=1S/C12H13N3O4/c1-9-3-4-11(10(7-9)15(17)18)19-8-12(16)14-6-2-5-13/h3-4,7H,2,6,8H2,1H3,(H,14,16). The van der Waals surface area contributed by atoms with E-state index in [4.69, 9.17) is 10.00 Å². The molecule has 0 saturated heterocycles. The molecule has 0 unspecified atom stereocenters. The smallest absolute Gasteiger partial charge is 0.311 e. The number of carbonyl (C=O) groups is 1. The molecule has 0 bridgehead atoms. The minimum absolute atomic E-state index is 0.0473. The molecule has 0 heterocycles. The van der Waals surface area contributed by atoms with Gasteiger partial charge in [-0.1, -0.05) is 6.07 Å². The molecule has 0 aliphatic rings. The fraction of sp³-hybridized carbons (Fsp3) is 0.333. The summed E-state index contributed by atoms with van der Waals surface area (Å²) in [5.74, 6) is -0.379. The lowest BCUT2D eigenvalue weighted by atomic mass is 10.2. The maximum absolute atomic E-state index is 11.3. The summed E-state index contributed by atoms with van der Waals surface area (Å²) in [6, 6.07) is 6.38. The Hall–Kier alpha value is -2.62. The van der Waals surface area contributed by atoms with E-state index in [2.05, 4.69) is 5.32 Å². The van der Waals surface area contributed by atoms with E-state index in [1.165, 1.54) is 12.1 Å². The molecule has 0 radical (unpaired) electrons. The normalized spacial score (nSPS) is 9.47. The van der Waals surface area contributed by atoms with Gasteiger partial charge in [0.2, 0.25) is 0 Å². The van der Waals surface area contributed by atoms with E-state index in [1.54, 1.807) is 13.0 Å². The number of amides is 1. The lowest BCUT2D eigenvalue weighted by molar-refractivity contribution is -0.385. The molecule has 1 N–H and O–H groups in total. The molecule has 100 valence electrons. The molecular formula is C12H13N3O4. The second kappa shape index (κ2) is 6.96. The fourth-order valence-electron chi connectivity index (χ4n) is 1.34. The van der Waals surface area contributed by atoms with Gasteiger partial charge < -0.3 is 10.1 Å². The largest absolute Gasteiger partial charge is 0.477 e. The van der Waals surface area contributed by atoms with Crippen molar-refractivity contribution in [3.8, 4) is 11.8 Å². The van der Waals surface area contributed by atoms with Gasteiger partial charge >= 0.3 is 5.69 Å². The van der Waals surface area contributed by atoms with Crippen LogP contribution in [-0.4, -0.2) is 24.0 Å². The van der Waals surface area contributed by atoms with Crippen molar-refractivity contribution in [3.63, 3.8) is 0 Å². The highest BCUT2D eigenvalue weighted by Crippen LogP contribution is 2.27. The van der Waals surface area contributed by atoms with Gasteiger partial charge in [-0.25, -0.2) is 0 Å². The lowest BCUT2D eigenvalue weighted by Crippen LogP contribution is -2.29. The van der Waals surface area contributed by atoms with Crippen LogP contribution in [0.2, 0.25) is 0 Å². The molecule has 0 atom stereocenters. The van der Waals surface area contributed by atoms with Gasteiger partial charge in [0.1, 0.15) is 0 Å². The number of nitrogens with zero attached hydrogens (tertiary/aromatic N) is 2. The number of aryl methyl sites for hydroxylation is 1. The molecule has 19 heavy (non-hydrogen) atoms. The first-order chi connectivity index (χ1) is 9.04. The SMILES string of the molecule is Cc1ccc(OCC(=O)NCCC#N)c([N+](=O)[O-])c1. The number of nitrogens with one attached hydrogen (secondary N) is 1. The van der Waals surface area contributed by atoms with E-state index < -0.39 is 10.8 Å². The summed E-state index contributed by atoms with van der Waals surface area (Å²) in [6.45, 7) is 1.63. The maximum atomic E-state index is 11.3. The van der Waals surface area contributed by atoms with Gasteiger partial charge in [0.25, 0.3) is 5.91 Å². The van der Waals surface area contributed by atoms with E-state index in [-0.39, 0.29) is 31.0 Å². The number of hydrogen-bond acceptors (Lipinski definition) is 5. The zero-order chi connectivity index (χ0) is 14.3. The molecule has 1 aromatic rings. The number of carbonyl (C=O) groups excluding carboxylic acids is 1. The van der Waals surface area contributed by atoms with Crippen molar-refractivity contribution in [2.45, 2.75) is 13.3 Å². The Morgan fingerprint density at radius 3 is 2.95 bits per heavy atom. The molecule has 0 aromatic heterocycles. The number of nitriles is 1. The molecule has 0 spiro atoms. The van der Waals surface area contributed by atoms with Crippen molar-refractivity contribution in [1.82, 2.24) is 5.32 Å². The van der Waals surface area contributed by atoms with Crippen LogP contribution in [-0.2, 0) is 4.79 Å². The minimum Gasteiger partial charge on any atom is -0.477 e. The van der Waals surface area contributed by atoms with Gasteiger partial charge in [0, 0.05) is 12.6 Å². The van der Waals surface area contributed by atoms with E-state index in [0.717, 1.165) is 5.56 Å². The average molecular weight is 263 g/mol. The van der Waals surface area contributed by atoms with Gasteiger partial charge in [0.15, 0.2) is 12.4 Å². The topological polar surface area (TPSA) is 105 Å². The highest BCUT2D eigenvalue weighted by molar-refractivity contribution is 5.77. The average Bonchev–Trinajstić information content (AvgIpc) is 2.37. The Kier molecular flexibility index (Phi) is 5.29. The molecule has 0 aliphatic heterocycles. The summed E-state index contributed by atoms with van der Waals surface area (Å²) < 4.78 is 5.11. The van der Waals surface area contributed by atoms with Crippen molar-refractivity contribution in [3.05, 3.63) is 33.9 Å². The Morgan fingerprint density at radius 2 is 2.32 bits per heavy atom. The summed E-state index contributed by atoms with van der Waals surface area (Å²) in [6.07, 6.45) is 0.205. The highest BCUT2D eigenvalue weighted by Gasteiger charge is 2.16. The van der Waals surface area contributed by atoms with Crippen LogP contribution >= 0.6 is 0 Å². The van der Waals surface area contributed by atoms with Crippen LogP contribution in [0.5, 0.6) is 5.75 Å². The molecular weight excluding hydrogens is 250 g/mol.